The van der Waals surface area contributed by atoms with Crippen molar-refractivity contribution in [1.29, 1.82) is 0 Å². The third-order valence-electron chi connectivity index (χ3n) is 19.5. The van der Waals surface area contributed by atoms with E-state index in [2.05, 4.69) is 6.08 Å². The Hall–Kier alpha value is -1.59. The van der Waals surface area contributed by atoms with Gasteiger partial charge in [0, 0.05) is 41.9 Å². The summed E-state index contributed by atoms with van der Waals surface area (Å²) >= 11 is 0. The molecule has 77 heavy (non-hydrogen) atoms. The molecule has 0 aromatic heterocycles. The average molecular weight is 1110 g/mol. The van der Waals surface area contributed by atoms with Crippen LogP contribution in [0.15, 0.2) is 11.6 Å². The molecule has 0 aromatic rings. The lowest BCUT2D eigenvalue weighted by Gasteiger charge is -2.59. The van der Waals surface area contributed by atoms with Crippen LogP contribution in [0.4, 0.5) is 0 Å². The Morgan fingerprint density at radius 1 is 0.610 bits per heavy atom. The Balaban J connectivity index is 0.824. The SMILES string of the molecule is CC(CCC1(O)OC2CC3C4CC=C5CC(OC6OC(CO)C(OC7OC(CO)C(O)C(O)C7OC7OC(CO)C(O)C(O)C7O)C(O)C6O)CC(O)C5(C)C4CC(=O)C3(C)C2C1C)COC1OC(CO)C(O)C(O)C1O. The summed E-state index contributed by atoms with van der Waals surface area (Å²) in [6.07, 6.45) is -31.2. The summed E-state index contributed by atoms with van der Waals surface area (Å²) in [5.41, 5.74) is -0.829. The number of carbonyl (C=O) groups excluding carboxylic acids is 1. The zero-order valence-corrected chi connectivity index (χ0v) is 43.5. The van der Waals surface area contributed by atoms with Crippen LogP contribution in [-0.2, 0) is 47.4 Å². The molecule has 0 bridgehead atoms. The molecule has 26 heteroatoms. The number of carbonyl (C=O) groups is 1. The number of fused-ring (bicyclic) bond motifs is 7. The standard InChI is InChI=1S/C51H82O26/c1-18(17-69-45-40(65)36(61)33(58)26(13-52)71-45)7-8-51(68)19(2)32-25(77-51)11-23-22-6-5-20-9-21(10-30(56)49(20,3)24(22)12-31(57)50(23,32)4)70-46-42(67)39(64)43(29(16-55)74-46)75-48-44(38(63)35(60)28(15-54)73-48)76-47-41(66)37(62)34(59)27(14-53)72-47/h5,18-19,21-30,32-48,52-56,58-68H,6-17H2,1-4H3. The number of hydrogen-bond acceptors (Lipinski definition) is 26. The van der Waals surface area contributed by atoms with Crippen LogP contribution in [0, 0.1) is 46.3 Å². The molecule has 0 spiro atoms. The van der Waals surface area contributed by atoms with Gasteiger partial charge in [-0.25, -0.2) is 0 Å². The van der Waals surface area contributed by atoms with Gasteiger partial charge in [-0.3, -0.25) is 4.79 Å². The van der Waals surface area contributed by atoms with Crippen LogP contribution >= 0.6 is 0 Å². The zero-order chi connectivity index (χ0) is 56.0. The third kappa shape index (κ3) is 10.4. The molecular formula is C51H82O26. The number of ketones is 1. The highest BCUT2D eigenvalue weighted by molar-refractivity contribution is 5.87. The van der Waals surface area contributed by atoms with E-state index in [-0.39, 0.29) is 67.7 Å². The summed E-state index contributed by atoms with van der Waals surface area (Å²) in [7, 11) is 0. The minimum Gasteiger partial charge on any atom is -0.394 e. The van der Waals surface area contributed by atoms with Gasteiger partial charge in [-0.2, -0.15) is 0 Å². The molecule has 4 aliphatic carbocycles. The second kappa shape index (κ2) is 23.2. The molecule has 8 fully saturated rings. The number of allylic oxidation sites excluding steroid dienone is 1. The summed E-state index contributed by atoms with van der Waals surface area (Å²) in [6.45, 7) is 4.73. The van der Waals surface area contributed by atoms with Crippen LogP contribution in [0.3, 0.4) is 0 Å². The molecule has 0 aromatic carbocycles. The molecule has 32 atom stereocenters. The van der Waals surface area contributed by atoms with E-state index in [1.807, 2.05) is 27.7 Å². The van der Waals surface area contributed by atoms with Gasteiger partial charge in [0.2, 0.25) is 0 Å². The first kappa shape index (κ1) is 60.0. The van der Waals surface area contributed by atoms with Gasteiger partial charge in [0.05, 0.1) is 51.3 Å². The van der Waals surface area contributed by atoms with E-state index in [1.54, 1.807) is 0 Å². The van der Waals surface area contributed by atoms with Crippen LogP contribution in [0.25, 0.3) is 0 Å². The molecule has 9 aliphatic rings. The minimum atomic E-state index is -1.96. The molecule has 0 amide bonds. The smallest absolute Gasteiger partial charge is 0.187 e. The van der Waals surface area contributed by atoms with Crippen molar-refractivity contribution in [3.63, 3.8) is 0 Å². The number of rotatable bonds is 16. The molecule has 0 radical (unpaired) electrons. The molecule has 9 rings (SSSR count). The van der Waals surface area contributed by atoms with Crippen LogP contribution in [0.2, 0.25) is 0 Å². The van der Waals surface area contributed by atoms with Crippen molar-refractivity contribution >= 4 is 5.78 Å². The van der Waals surface area contributed by atoms with Crippen LogP contribution in [0.5, 0.6) is 0 Å². The maximum Gasteiger partial charge on any atom is 0.187 e. The number of ether oxygens (including phenoxy) is 9. The zero-order valence-electron chi connectivity index (χ0n) is 43.5. The fourth-order valence-electron chi connectivity index (χ4n) is 14.8. The van der Waals surface area contributed by atoms with E-state index in [1.165, 1.54) is 0 Å². The molecular weight excluding hydrogens is 1030 g/mol. The Morgan fingerprint density at radius 2 is 1.13 bits per heavy atom. The molecule has 5 saturated heterocycles. The van der Waals surface area contributed by atoms with Gasteiger partial charge in [-0.15, -0.1) is 0 Å². The Bertz CT molecular complexity index is 2050. The average Bonchev–Trinajstić information content (AvgIpc) is 3.94. The van der Waals surface area contributed by atoms with Crippen molar-refractivity contribution in [3.8, 4) is 0 Å². The minimum absolute atomic E-state index is 0.0130. The summed E-state index contributed by atoms with van der Waals surface area (Å²) < 4.78 is 52.9. The van der Waals surface area contributed by atoms with Crippen molar-refractivity contribution in [3.05, 3.63) is 11.6 Å². The first-order valence-corrected chi connectivity index (χ1v) is 27.1. The number of hydrogen-bond donors (Lipinski definition) is 16. The first-order chi connectivity index (χ1) is 36.4. The van der Waals surface area contributed by atoms with E-state index in [4.69, 9.17) is 42.6 Å². The van der Waals surface area contributed by atoms with E-state index in [9.17, 15) is 86.5 Å². The van der Waals surface area contributed by atoms with Crippen molar-refractivity contribution in [2.24, 2.45) is 46.3 Å². The largest absolute Gasteiger partial charge is 0.394 e. The van der Waals surface area contributed by atoms with E-state index in [0.29, 0.717) is 19.3 Å². The molecule has 442 valence electrons. The van der Waals surface area contributed by atoms with E-state index < -0.39 is 190 Å². The molecule has 26 nitrogen and oxygen atoms in total. The van der Waals surface area contributed by atoms with Crippen LogP contribution in [-0.4, -0.2) is 267 Å². The number of aliphatic hydroxyl groups excluding tert-OH is 15. The topological polar surface area (TPSA) is 424 Å². The van der Waals surface area contributed by atoms with Gasteiger partial charge in [0.1, 0.15) is 103 Å². The second-order valence-corrected chi connectivity index (χ2v) is 23.8. The molecule has 16 N–H and O–H groups in total. The van der Waals surface area contributed by atoms with Gasteiger partial charge in [0.25, 0.3) is 0 Å². The highest BCUT2D eigenvalue weighted by atomic mass is 16.8. The van der Waals surface area contributed by atoms with Crippen molar-refractivity contribution < 1.29 is 129 Å². The number of Topliss-reactive ketones (excluding diaryl/α,β-unsaturated/α-hetero) is 1. The van der Waals surface area contributed by atoms with Crippen LogP contribution < -0.4 is 0 Å². The molecule has 5 aliphatic heterocycles. The van der Waals surface area contributed by atoms with Gasteiger partial charge in [0.15, 0.2) is 30.9 Å². The highest BCUT2D eigenvalue weighted by Crippen LogP contribution is 2.69. The normalized spacial score (nSPS) is 54.2. The Morgan fingerprint density at radius 3 is 1.75 bits per heavy atom. The summed E-state index contributed by atoms with van der Waals surface area (Å²) in [6, 6.07) is 0. The second-order valence-electron chi connectivity index (χ2n) is 23.8. The lowest BCUT2D eigenvalue weighted by Crippen LogP contribution is -2.67. The Kier molecular flexibility index (Phi) is 18.1. The van der Waals surface area contributed by atoms with Gasteiger partial charge >= 0.3 is 0 Å². The summed E-state index contributed by atoms with van der Waals surface area (Å²) in [5.74, 6) is -2.79. The molecule has 3 saturated carbocycles. The lowest BCUT2D eigenvalue weighted by atomic mass is 9.46. The monoisotopic (exact) mass is 1110 g/mol. The fourth-order valence-corrected chi connectivity index (χ4v) is 14.8. The van der Waals surface area contributed by atoms with E-state index >= 15 is 0 Å². The number of aliphatic hydroxyl groups is 16. The van der Waals surface area contributed by atoms with E-state index in [0.717, 1.165) is 5.57 Å². The molecule has 32 unspecified atom stereocenters. The maximum atomic E-state index is 14.8. The lowest BCUT2D eigenvalue weighted by molar-refractivity contribution is -0.390. The Labute approximate surface area is 444 Å². The third-order valence-corrected chi connectivity index (χ3v) is 19.5. The predicted molar refractivity (Wildman–Crippen MR) is 253 cm³/mol. The van der Waals surface area contributed by atoms with Gasteiger partial charge < -0.3 is 124 Å². The molecule has 5 heterocycles. The van der Waals surface area contributed by atoms with Crippen molar-refractivity contribution in [2.45, 2.75) is 220 Å². The first-order valence-electron chi connectivity index (χ1n) is 27.1. The fraction of sp³-hybridized carbons (Fsp3) is 0.941. The predicted octanol–water partition coefficient (Wildman–Crippen LogP) is -5.89. The van der Waals surface area contributed by atoms with Crippen LogP contribution in [0.1, 0.15) is 72.6 Å². The van der Waals surface area contributed by atoms with Gasteiger partial charge in [-0.05, 0) is 49.4 Å². The summed E-state index contributed by atoms with van der Waals surface area (Å²) in [5, 5.41) is 171. The van der Waals surface area contributed by atoms with Crippen molar-refractivity contribution in [2.75, 3.05) is 33.0 Å². The highest BCUT2D eigenvalue weighted by Gasteiger charge is 2.71. The van der Waals surface area contributed by atoms with Gasteiger partial charge in [-0.1, -0.05) is 39.3 Å². The maximum absolute atomic E-state index is 14.8. The quantitative estimate of drug-likeness (QED) is 0.0640. The summed E-state index contributed by atoms with van der Waals surface area (Å²) in [4.78, 5) is 14.8. The van der Waals surface area contributed by atoms with Crippen molar-refractivity contribution in [1.82, 2.24) is 0 Å².